The van der Waals surface area contributed by atoms with Crippen LogP contribution in [0.2, 0.25) is 0 Å². The second-order valence-electron chi connectivity index (χ2n) is 11.7. The average Bonchev–Trinajstić information content (AvgIpc) is 3.44. The second kappa shape index (κ2) is 11.1. The van der Waals surface area contributed by atoms with E-state index in [2.05, 4.69) is 84.5 Å². The largest absolute Gasteiger partial charge is 0.371 e. The maximum atomic E-state index is 13.5. The number of hydrogen-bond acceptors (Lipinski definition) is 7. The number of aromatic nitrogens is 2. The Bertz CT molecular complexity index is 1280. The van der Waals surface area contributed by atoms with Crippen molar-refractivity contribution in [2.45, 2.75) is 70.1 Å². The molecule has 8 heteroatoms. The lowest BCUT2D eigenvalue weighted by molar-refractivity contribution is 0.109. The minimum atomic E-state index is 0.0526. The van der Waals surface area contributed by atoms with E-state index in [1.54, 1.807) is 4.57 Å². The molecule has 1 aromatic carbocycles. The Morgan fingerprint density at radius 2 is 1.87 bits per heavy atom. The average molecular weight is 537 g/mol. The molecule has 2 saturated heterocycles. The van der Waals surface area contributed by atoms with Crippen molar-refractivity contribution >= 4 is 27.9 Å². The topological polar surface area (TPSA) is 56.6 Å². The molecular formula is C30H44N6OS. The molecule has 38 heavy (non-hydrogen) atoms. The minimum absolute atomic E-state index is 0.0526. The number of hydrogen-bond donors (Lipinski definition) is 1. The van der Waals surface area contributed by atoms with Crippen LogP contribution in [0, 0.1) is 0 Å². The number of piperidine rings is 1. The predicted octanol–water partition coefficient (Wildman–Crippen LogP) is 4.58. The van der Waals surface area contributed by atoms with Gasteiger partial charge in [-0.1, -0.05) is 19.4 Å². The Morgan fingerprint density at radius 3 is 2.47 bits per heavy atom. The van der Waals surface area contributed by atoms with Crippen LogP contribution in [0.4, 0.5) is 5.69 Å². The van der Waals surface area contributed by atoms with E-state index in [0.29, 0.717) is 17.5 Å². The van der Waals surface area contributed by atoms with Crippen molar-refractivity contribution in [3.8, 4) is 0 Å². The molecule has 0 saturated carbocycles. The van der Waals surface area contributed by atoms with E-state index in [-0.39, 0.29) is 17.1 Å². The fourth-order valence-electron chi connectivity index (χ4n) is 6.74. The van der Waals surface area contributed by atoms with Crippen molar-refractivity contribution in [3.63, 3.8) is 0 Å². The van der Waals surface area contributed by atoms with Gasteiger partial charge in [-0.2, -0.15) is 0 Å². The molecule has 5 rings (SSSR count). The van der Waals surface area contributed by atoms with Crippen LogP contribution in [0.1, 0.15) is 63.2 Å². The summed E-state index contributed by atoms with van der Waals surface area (Å²) < 4.78 is 1.80. The summed E-state index contributed by atoms with van der Waals surface area (Å²) in [7, 11) is 6.31. The van der Waals surface area contributed by atoms with Crippen molar-refractivity contribution < 1.29 is 0 Å². The molecule has 1 N–H and O–H groups in total. The van der Waals surface area contributed by atoms with Crippen LogP contribution in [0.25, 0.3) is 10.9 Å². The molecule has 7 nitrogen and oxygen atoms in total. The van der Waals surface area contributed by atoms with Crippen LogP contribution in [0.15, 0.2) is 40.5 Å². The van der Waals surface area contributed by atoms with E-state index < -0.39 is 0 Å². The normalized spacial score (nSPS) is 23.3. The van der Waals surface area contributed by atoms with Gasteiger partial charge in [-0.3, -0.25) is 19.2 Å². The zero-order chi connectivity index (χ0) is 27.0. The highest BCUT2D eigenvalue weighted by atomic mass is 32.1. The summed E-state index contributed by atoms with van der Waals surface area (Å²) in [5.74, 6) is 0.894. The van der Waals surface area contributed by atoms with Crippen LogP contribution in [-0.2, 0) is 12.6 Å². The summed E-state index contributed by atoms with van der Waals surface area (Å²) in [4.78, 5) is 27.6. The lowest BCUT2D eigenvalue weighted by atomic mass is 9.84. The molecule has 2 aliphatic rings. The first-order valence-corrected chi connectivity index (χ1v) is 15.1. The summed E-state index contributed by atoms with van der Waals surface area (Å²) >= 11 is 1.86. The number of nitrogens with zero attached hydrogens (tertiary/aromatic N) is 5. The number of rotatable bonds is 7. The summed E-state index contributed by atoms with van der Waals surface area (Å²) in [6.45, 7) is 10.6. The molecule has 2 aromatic heterocycles. The van der Waals surface area contributed by atoms with Gasteiger partial charge in [-0.25, -0.2) is 4.98 Å². The maximum Gasteiger partial charge on any atom is 0.261 e. The summed E-state index contributed by atoms with van der Waals surface area (Å²) in [6, 6.07) is 11.7. The van der Waals surface area contributed by atoms with E-state index in [4.69, 9.17) is 4.98 Å². The molecule has 0 bridgehead atoms. The molecule has 0 radical (unpaired) electrons. The first-order chi connectivity index (χ1) is 18.2. The lowest BCUT2D eigenvalue weighted by Crippen LogP contribution is -2.55. The molecule has 2 fully saturated rings. The Balaban J connectivity index is 1.46. The molecule has 2 aliphatic heterocycles. The molecule has 1 unspecified atom stereocenters. The first kappa shape index (κ1) is 27.3. The van der Waals surface area contributed by atoms with Crippen LogP contribution in [0.5, 0.6) is 0 Å². The van der Waals surface area contributed by atoms with Crippen molar-refractivity contribution in [1.82, 2.24) is 24.7 Å². The highest BCUT2D eigenvalue weighted by Gasteiger charge is 2.39. The molecule has 0 aliphatic carbocycles. The third kappa shape index (κ3) is 5.04. The van der Waals surface area contributed by atoms with Gasteiger partial charge in [0.05, 0.1) is 22.5 Å². The van der Waals surface area contributed by atoms with E-state index in [1.165, 1.54) is 10.6 Å². The molecule has 0 amide bonds. The van der Waals surface area contributed by atoms with Crippen LogP contribution in [-0.4, -0.2) is 71.7 Å². The molecule has 3 aromatic rings. The second-order valence-corrected chi connectivity index (χ2v) is 12.6. The Hall–Kier alpha value is -2.26. The van der Waals surface area contributed by atoms with Crippen molar-refractivity contribution in [2.24, 2.45) is 7.05 Å². The number of fused-ring (bicyclic) bond motifs is 1. The highest BCUT2D eigenvalue weighted by molar-refractivity contribution is 7.10. The zero-order valence-electron chi connectivity index (χ0n) is 23.9. The molecular weight excluding hydrogens is 492 g/mol. The SMILES string of the molecule is CCCC(c1nc2cc(N3CCC(c4cccs4)(N(C)C)CC3)ccc2c(=O)n1C)N1C[C@@H](C)N[C@@H](C)C1. The van der Waals surface area contributed by atoms with Gasteiger partial charge < -0.3 is 10.2 Å². The van der Waals surface area contributed by atoms with Gasteiger partial charge in [0.1, 0.15) is 5.82 Å². The van der Waals surface area contributed by atoms with Crippen molar-refractivity contribution in [2.75, 3.05) is 45.2 Å². The number of anilines is 1. The molecule has 0 spiro atoms. The van der Waals surface area contributed by atoms with Crippen molar-refractivity contribution in [3.05, 3.63) is 56.8 Å². The van der Waals surface area contributed by atoms with Gasteiger partial charge in [-0.15, -0.1) is 11.3 Å². The van der Waals surface area contributed by atoms with Crippen LogP contribution < -0.4 is 15.8 Å². The smallest absolute Gasteiger partial charge is 0.261 e. The number of nitrogens with one attached hydrogen (secondary N) is 1. The van der Waals surface area contributed by atoms with E-state index in [0.717, 1.165) is 63.2 Å². The number of thiophene rings is 1. The fraction of sp³-hybridized carbons (Fsp3) is 0.600. The third-order valence-electron chi connectivity index (χ3n) is 8.77. The number of piperazine rings is 1. The standard InChI is InChI=1S/C30H44N6OS/c1-7-9-26(36-19-21(2)31-22(3)20-36)28-32-25-18-23(11-12-24(25)29(37)34(28)6)35-15-13-30(14-16-35,33(4)5)27-10-8-17-38-27/h8,10-12,17-18,21-22,26,31H,7,9,13-16,19-20H2,1-6H3/t21-,22+,26?. The first-order valence-electron chi connectivity index (χ1n) is 14.2. The van der Waals surface area contributed by atoms with Gasteiger partial charge in [0.15, 0.2) is 0 Å². The van der Waals surface area contributed by atoms with Crippen LogP contribution in [0.3, 0.4) is 0 Å². The summed E-state index contributed by atoms with van der Waals surface area (Å²) in [5.41, 5.74) is 2.13. The van der Waals surface area contributed by atoms with E-state index in [1.807, 2.05) is 24.5 Å². The van der Waals surface area contributed by atoms with Crippen molar-refractivity contribution in [1.29, 1.82) is 0 Å². The predicted molar refractivity (Wildman–Crippen MR) is 159 cm³/mol. The molecule has 4 heterocycles. The number of benzene rings is 1. The van der Waals surface area contributed by atoms with Crippen LogP contribution >= 0.6 is 11.3 Å². The Morgan fingerprint density at radius 1 is 1.16 bits per heavy atom. The van der Waals surface area contributed by atoms with E-state index >= 15 is 0 Å². The lowest BCUT2D eigenvalue weighted by Gasteiger charge is -2.46. The highest BCUT2D eigenvalue weighted by Crippen LogP contribution is 2.41. The Labute approximate surface area is 231 Å². The Kier molecular flexibility index (Phi) is 7.96. The summed E-state index contributed by atoms with van der Waals surface area (Å²) in [6.07, 6.45) is 4.20. The van der Waals surface area contributed by atoms with Gasteiger partial charge in [0.2, 0.25) is 0 Å². The monoisotopic (exact) mass is 536 g/mol. The molecule has 3 atom stereocenters. The molecule has 206 valence electrons. The maximum absolute atomic E-state index is 13.5. The van der Waals surface area contributed by atoms with E-state index in [9.17, 15) is 4.79 Å². The van der Waals surface area contributed by atoms with Gasteiger partial charge in [0.25, 0.3) is 5.56 Å². The quantitative estimate of drug-likeness (QED) is 0.477. The van der Waals surface area contributed by atoms with Gasteiger partial charge in [0, 0.05) is 55.9 Å². The zero-order valence-corrected chi connectivity index (χ0v) is 24.7. The minimum Gasteiger partial charge on any atom is -0.371 e. The fourth-order valence-corrected chi connectivity index (χ4v) is 7.80. The third-order valence-corrected chi connectivity index (χ3v) is 9.84. The van der Waals surface area contributed by atoms with Gasteiger partial charge >= 0.3 is 0 Å². The van der Waals surface area contributed by atoms with Gasteiger partial charge in [-0.05, 0) is 76.9 Å². The summed E-state index contributed by atoms with van der Waals surface area (Å²) in [5, 5.41) is 6.53.